The fourth-order valence-corrected chi connectivity index (χ4v) is 0. The molecule has 0 spiro atoms. The molecule has 0 aliphatic rings. The zero-order valence-corrected chi connectivity index (χ0v) is 6.94. The van der Waals surface area contributed by atoms with E-state index < -0.39 is 7.38 Å². The average molecular weight is 156 g/mol. The third-order valence-electron chi connectivity index (χ3n) is 0. The maximum atomic E-state index is 8.11. The van der Waals surface area contributed by atoms with Crippen molar-refractivity contribution < 1.29 is 5.21 Å². The molecule has 0 amide bonds. The van der Waals surface area contributed by atoms with Gasteiger partial charge >= 0.3 is 0 Å². The van der Waals surface area contributed by atoms with E-state index in [4.69, 9.17) is 21.2 Å². The summed E-state index contributed by atoms with van der Waals surface area (Å²) in [5.41, 5.74) is 0. The van der Waals surface area contributed by atoms with Crippen LogP contribution in [0.25, 0.3) is 0 Å². The van der Waals surface area contributed by atoms with E-state index in [0.717, 1.165) is 0 Å². The maximum absolute atomic E-state index is 8.11. The van der Waals surface area contributed by atoms with E-state index in [0.29, 0.717) is 0 Å². The van der Waals surface area contributed by atoms with Gasteiger partial charge in [-0.2, -0.15) is 11.1 Å². The Morgan fingerprint density at radius 3 is 1.50 bits per heavy atom. The monoisotopic (exact) mass is 155 g/mol. The van der Waals surface area contributed by atoms with E-state index in [1.54, 1.807) is 0 Å². The lowest BCUT2D eigenvalue weighted by Gasteiger charge is -1.97. The fraction of sp³-hybridized carbons (Fsp3) is 1.00. The van der Waals surface area contributed by atoms with Gasteiger partial charge in [-0.05, 0) is 0 Å². The first-order valence-corrected chi connectivity index (χ1v) is 6.58. The fourth-order valence-electron chi connectivity index (χ4n) is 0. The van der Waals surface area contributed by atoms with Gasteiger partial charge < -0.3 is 5.21 Å². The smallest absolute Gasteiger partial charge is 0.152 e. The molecule has 50 valence electrons. The molecule has 0 saturated carbocycles. The van der Waals surface area contributed by atoms with E-state index in [-0.39, 0.29) is 0 Å². The van der Waals surface area contributed by atoms with Crippen molar-refractivity contribution in [2.24, 2.45) is 5.34 Å². The van der Waals surface area contributed by atoms with Crippen molar-refractivity contribution >= 4 is 18.5 Å². The molecule has 0 saturated heterocycles. The molecule has 5 heteroatoms. The van der Waals surface area contributed by atoms with E-state index in [1.807, 2.05) is 0 Å². The van der Waals surface area contributed by atoms with Gasteiger partial charge in [0, 0.05) is 0 Å². The van der Waals surface area contributed by atoms with Gasteiger partial charge in [-0.1, -0.05) is 19.6 Å². The molecule has 0 aliphatic carbocycles. The molecule has 1 N–H and O–H groups in total. The van der Waals surface area contributed by atoms with Crippen molar-refractivity contribution in [1.82, 2.24) is 0 Å². The van der Waals surface area contributed by atoms with Crippen LogP contribution in [-0.4, -0.2) is 12.6 Å². The summed E-state index contributed by atoms with van der Waals surface area (Å²) in [5, 5.41) is 7.89. The van der Waals surface area contributed by atoms with E-state index in [1.165, 1.54) is 5.34 Å². The Labute approximate surface area is 54.3 Å². The highest BCUT2D eigenvalue weighted by Crippen LogP contribution is 2.03. The molecule has 0 atom stereocenters. The molecule has 0 aromatic heterocycles. The predicted molar refractivity (Wildman–Crippen MR) is 36.8 cm³/mol. The molecular weight excluding hydrogens is 146 g/mol. The van der Waals surface area contributed by atoms with Crippen LogP contribution in [-0.2, 0) is 0 Å². The second-order valence-electron chi connectivity index (χ2n) is 2.15. The highest BCUT2D eigenvalue weighted by atomic mass is 35.6. The third-order valence-corrected chi connectivity index (χ3v) is 0. The molecule has 0 bridgehead atoms. The molecule has 0 aromatic rings. The molecule has 0 rings (SSSR count). The van der Waals surface area contributed by atoms with E-state index in [2.05, 4.69) is 19.6 Å². The van der Waals surface area contributed by atoms with Crippen LogP contribution in [0.3, 0.4) is 0 Å². The molecule has 0 aliphatic heterocycles. The maximum Gasteiger partial charge on any atom is 0.152 e. The van der Waals surface area contributed by atoms with Crippen molar-refractivity contribution in [3.63, 3.8) is 0 Å². The zero-order chi connectivity index (χ0) is 7.21. The van der Waals surface area contributed by atoms with Crippen LogP contribution in [0.2, 0.25) is 19.6 Å². The summed E-state index contributed by atoms with van der Waals surface area (Å²) in [5.74, 6) is 0. The Hall–Kier alpha value is -0.0931. The lowest BCUT2D eigenvalue weighted by atomic mass is 11.8. The highest BCUT2D eigenvalue weighted by molar-refractivity contribution is 7.18. The number of halogens is 1. The number of hydrogen-bond donors (Lipinski definition) is 1. The molecule has 0 fully saturated rings. The minimum absolute atomic E-state index is 1.14. The topological polar surface area (TPSA) is 49.7 Å². The Morgan fingerprint density at radius 1 is 1.50 bits per heavy atom. The van der Waals surface area contributed by atoms with Gasteiger partial charge in [-0.15, -0.1) is 4.91 Å². The molecule has 0 radical (unpaired) electrons. The second kappa shape index (κ2) is 5.05. The zero-order valence-electron chi connectivity index (χ0n) is 5.18. The minimum Gasteiger partial charge on any atom is -0.379 e. The first-order chi connectivity index (χ1) is 3.41. The Balaban J connectivity index is 0. The molecule has 8 heavy (non-hydrogen) atoms. The van der Waals surface area contributed by atoms with Gasteiger partial charge in [0.15, 0.2) is 5.34 Å². The highest BCUT2D eigenvalue weighted by Gasteiger charge is 2.04. The summed E-state index contributed by atoms with van der Waals surface area (Å²) in [6.07, 6.45) is 0. The van der Waals surface area contributed by atoms with Gasteiger partial charge in [-0.25, -0.2) is 0 Å². The van der Waals surface area contributed by atoms with Crippen molar-refractivity contribution in [2.75, 3.05) is 0 Å². The van der Waals surface area contributed by atoms with Crippen LogP contribution in [0.1, 0.15) is 0 Å². The Morgan fingerprint density at radius 2 is 1.50 bits per heavy atom. The molecule has 0 unspecified atom stereocenters. The van der Waals surface area contributed by atoms with E-state index in [9.17, 15) is 0 Å². The largest absolute Gasteiger partial charge is 0.379 e. The van der Waals surface area contributed by atoms with Gasteiger partial charge in [0.25, 0.3) is 0 Å². The lowest BCUT2D eigenvalue weighted by molar-refractivity contribution is 0.312. The number of rotatable bonds is 0. The van der Waals surface area contributed by atoms with Crippen molar-refractivity contribution in [3.05, 3.63) is 4.91 Å². The van der Waals surface area contributed by atoms with Gasteiger partial charge in [0.2, 0.25) is 0 Å². The predicted octanol–water partition coefficient (Wildman–Crippen LogP) is 2.20. The van der Waals surface area contributed by atoms with Crippen molar-refractivity contribution in [2.45, 2.75) is 19.6 Å². The molecule has 0 aromatic carbocycles. The third kappa shape index (κ3) is 16400. The standard InChI is InChI=1S/C3H9ClSi.HNO2/c1-5(2,3)4;2-1-3/h1-3H3;(H,2,3). The minimum atomic E-state index is -1.14. The summed E-state index contributed by atoms with van der Waals surface area (Å²) in [6.45, 7) is 6.28. The normalized spacial score (nSPS) is 9.00. The number of hydrogen-bond acceptors (Lipinski definition) is 2. The van der Waals surface area contributed by atoms with Crippen LogP contribution >= 0.6 is 11.1 Å². The molecule has 0 heterocycles. The first-order valence-electron chi connectivity index (χ1n) is 2.07. The molecular formula is C3H10ClNO2Si. The van der Waals surface area contributed by atoms with Gasteiger partial charge in [0.1, 0.15) is 7.38 Å². The van der Waals surface area contributed by atoms with Gasteiger partial charge in [-0.3, -0.25) is 0 Å². The van der Waals surface area contributed by atoms with Crippen LogP contribution < -0.4 is 0 Å². The van der Waals surface area contributed by atoms with Crippen molar-refractivity contribution in [3.8, 4) is 0 Å². The van der Waals surface area contributed by atoms with E-state index >= 15 is 0 Å². The average Bonchev–Trinajstić information content (AvgIpc) is 1.27. The van der Waals surface area contributed by atoms with Crippen LogP contribution in [0.5, 0.6) is 0 Å². The van der Waals surface area contributed by atoms with Crippen LogP contribution in [0.15, 0.2) is 5.34 Å². The SMILES string of the molecule is C[Si](C)(C)Cl.O=NO. The summed E-state index contributed by atoms with van der Waals surface area (Å²) in [6, 6.07) is 0. The second-order valence-corrected chi connectivity index (χ2v) is 9.68. The molecule has 3 nitrogen and oxygen atoms in total. The Bertz CT molecular complexity index is 56.8. The quantitative estimate of drug-likeness (QED) is 0.252. The van der Waals surface area contributed by atoms with Crippen LogP contribution in [0.4, 0.5) is 0 Å². The summed E-state index contributed by atoms with van der Waals surface area (Å²) in [7, 11) is -1.14. The summed E-state index contributed by atoms with van der Waals surface area (Å²) >= 11 is 5.67. The summed E-state index contributed by atoms with van der Waals surface area (Å²) < 4.78 is 0. The van der Waals surface area contributed by atoms with Crippen LogP contribution in [0, 0.1) is 4.91 Å². The van der Waals surface area contributed by atoms with Crippen molar-refractivity contribution in [1.29, 1.82) is 0 Å². The van der Waals surface area contributed by atoms with Gasteiger partial charge in [0.05, 0.1) is 0 Å². The lowest BCUT2D eigenvalue weighted by Crippen LogP contribution is -2.06. The Kier molecular flexibility index (Phi) is 6.83. The first kappa shape index (κ1) is 10.8. The summed E-state index contributed by atoms with van der Waals surface area (Å²) in [4.78, 5) is 8.11. The number of nitrogens with zero attached hydrogens (tertiary/aromatic N) is 1.